The molecule has 0 aliphatic heterocycles. The Labute approximate surface area is 116 Å². The first-order chi connectivity index (χ1) is 8.72. The molecule has 0 saturated carbocycles. The molecule has 6 heteroatoms. The number of thiazole rings is 1. The van der Waals surface area contributed by atoms with Gasteiger partial charge in [-0.1, -0.05) is 27.7 Å². The second kappa shape index (κ2) is 6.22. The highest BCUT2D eigenvalue weighted by atomic mass is 32.1. The predicted molar refractivity (Wildman–Crippen MR) is 72.2 cm³/mol. The Morgan fingerprint density at radius 3 is 2.37 bits per heavy atom. The van der Waals surface area contributed by atoms with Crippen LogP contribution in [0.15, 0.2) is 6.20 Å². The van der Waals surface area contributed by atoms with Crippen LogP contribution >= 0.6 is 11.3 Å². The van der Waals surface area contributed by atoms with Gasteiger partial charge in [-0.25, -0.2) is 4.98 Å². The molecular weight excluding hydrogens is 273 g/mol. The number of nitrogens with one attached hydrogen (secondary N) is 1. The molecule has 19 heavy (non-hydrogen) atoms. The summed E-state index contributed by atoms with van der Waals surface area (Å²) in [5.41, 5.74) is -0.107. The molecule has 0 aliphatic carbocycles. The van der Waals surface area contributed by atoms with Gasteiger partial charge in [-0.3, -0.25) is 0 Å². The summed E-state index contributed by atoms with van der Waals surface area (Å²) in [6.07, 6.45) is -1.17. The van der Waals surface area contributed by atoms with Crippen LogP contribution < -0.4 is 5.32 Å². The van der Waals surface area contributed by atoms with E-state index in [1.165, 1.54) is 6.20 Å². The molecule has 0 aromatic carbocycles. The van der Waals surface area contributed by atoms with Crippen molar-refractivity contribution >= 4 is 11.3 Å². The molecule has 2 nitrogen and oxygen atoms in total. The maximum absolute atomic E-state index is 12.6. The molecule has 0 amide bonds. The lowest BCUT2D eigenvalue weighted by Crippen LogP contribution is -2.33. The molecule has 0 radical (unpaired) electrons. The molecule has 0 aliphatic rings. The van der Waals surface area contributed by atoms with Crippen LogP contribution in [0.5, 0.6) is 0 Å². The van der Waals surface area contributed by atoms with Crippen molar-refractivity contribution in [2.45, 2.75) is 52.8 Å². The molecular formula is C13H21F3N2S. The molecule has 1 aromatic heterocycles. The van der Waals surface area contributed by atoms with Crippen LogP contribution in [0, 0.1) is 5.41 Å². The van der Waals surface area contributed by atoms with E-state index in [0.717, 1.165) is 30.7 Å². The molecule has 0 bridgehead atoms. The molecule has 1 unspecified atom stereocenters. The van der Waals surface area contributed by atoms with Crippen molar-refractivity contribution in [2.24, 2.45) is 5.41 Å². The fourth-order valence-electron chi connectivity index (χ4n) is 1.81. The highest BCUT2D eigenvalue weighted by Gasteiger charge is 2.37. The van der Waals surface area contributed by atoms with Crippen LogP contribution in [-0.2, 0) is 6.18 Å². The Morgan fingerprint density at radius 2 is 1.95 bits per heavy atom. The summed E-state index contributed by atoms with van der Waals surface area (Å²) in [6, 6.07) is -0.0916. The van der Waals surface area contributed by atoms with Crippen molar-refractivity contribution in [1.29, 1.82) is 0 Å². The van der Waals surface area contributed by atoms with Crippen LogP contribution in [-0.4, -0.2) is 11.5 Å². The maximum Gasteiger partial charge on any atom is 0.443 e. The Kier molecular flexibility index (Phi) is 5.38. The second-order valence-corrected chi connectivity index (χ2v) is 6.36. The summed E-state index contributed by atoms with van der Waals surface area (Å²) in [7, 11) is 0. The van der Waals surface area contributed by atoms with Gasteiger partial charge < -0.3 is 5.32 Å². The maximum atomic E-state index is 12.6. The van der Waals surface area contributed by atoms with Gasteiger partial charge in [0.2, 0.25) is 0 Å². The Balaban J connectivity index is 3.01. The number of alkyl halides is 3. The van der Waals surface area contributed by atoms with Gasteiger partial charge >= 0.3 is 6.18 Å². The standard InChI is InChI=1S/C13H21F3N2S/c1-5-7-17-10(12(3,4)6-2)9-8-18-11(19-9)13(14,15)16/h8,10,17H,5-7H2,1-4H3. The average molecular weight is 294 g/mol. The van der Waals surface area contributed by atoms with Crippen LogP contribution in [0.25, 0.3) is 0 Å². The Bertz CT molecular complexity index is 399. The first-order valence-electron chi connectivity index (χ1n) is 6.48. The number of rotatable bonds is 6. The SMILES string of the molecule is CCCNC(c1cnc(C(F)(F)F)s1)C(C)(C)CC. The van der Waals surface area contributed by atoms with Crippen LogP contribution in [0.4, 0.5) is 13.2 Å². The van der Waals surface area contributed by atoms with Gasteiger partial charge in [0, 0.05) is 17.1 Å². The topological polar surface area (TPSA) is 24.9 Å². The molecule has 1 N–H and O–H groups in total. The van der Waals surface area contributed by atoms with Gasteiger partial charge in [-0.15, -0.1) is 11.3 Å². The Hall–Kier alpha value is -0.620. The Morgan fingerprint density at radius 1 is 1.32 bits per heavy atom. The fourth-order valence-corrected chi connectivity index (χ4v) is 2.88. The lowest BCUT2D eigenvalue weighted by Gasteiger charge is -2.33. The molecule has 0 fully saturated rings. The highest BCUT2D eigenvalue weighted by molar-refractivity contribution is 7.11. The molecule has 0 spiro atoms. The quantitative estimate of drug-likeness (QED) is 0.827. The third-order valence-electron chi connectivity index (χ3n) is 3.34. The molecule has 1 atom stereocenters. The highest BCUT2D eigenvalue weighted by Crippen LogP contribution is 2.41. The molecule has 0 saturated heterocycles. The number of hydrogen-bond acceptors (Lipinski definition) is 3. The minimum atomic E-state index is -4.35. The smallest absolute Gasteiger partial charge is 0.309 e. The first-order valence-corrected chi connectivity index (χ1v) is 7.30. The number of aromatic nitrogens is 1. The van der Waals surface area contributed by atoms with E-state index < -0.39 is 11.2 Å². The van der Waals surface area contributed by atoms with E-state index in [9.17, 15) is 13.2 Å². The van der Waals surface area contributed by atoms with Crippen LogP contribution in [0.1, 0.15) is 56.5 Å². The average Bonchev–Trinajstić information content (AvgIpc) is 2.78. The lowest BCUT2D eigenvalue weighted by molar-refractivity contribution is -0.137. The van der Waals surface area contributed by atoms with Gasteiger partial charge in [-0.05, 0) is 24.8 Å². The zero-order chi connectivity index (χ0) is 14.7. The van der Waals surface area contributed by atoms with Gasteiger partial charge in [-0.2, -0.15) is 13.2 Å². The minimum Gasteiger partial charge on any atom is -0.309 e. The number of hydrogen-bond donors (Lipinski definition) is 1. The summed E-state index contributed by atoms with van der Waals surface area (Å²) < 4.78 is 37.9. The monoisotopic (exact) mass is 294 g/mol. The van der Waals surface area contributed by atoms with Gasteiger partial charge in [0.25, 0.3) is 0 Å². The lowest BCUT2D eigenvalue weighted by atomic mass is 9.81. The van der Waals surface area contributed by atoms with E-state index in [2.05, 4.69) is 24.1 Å². The summed E-state index contributed by atoms with van der Waals surface area (Å²) in [4.78, 5) is 4.18. The predicted octanol–water partition coefficient (Wildman–Crippen LogP) is 4.64. The zero-order valence-electron chi connectivity index (χ0n) is 11.8. The number of nitrogens with zero attached hydrogens (tertiary/aromatic N) is 1. The third-order valence-corrected chi connectivity index (χ3v) is 4.45. The second-order valence-electron chi connectivity index (χ2n) is 5.29. The summed E-state index contributed by atoms with van der Waals surface area (Å²) in [5.74, 6) is 0. The van der Waals surface area contributed by atoms with E-state index >= 15 is 0 Å². The largest absolute Gasteiger partial charge is 0.443 e. The van der Waals surface area contributed by atoms with Crippen LogP contribution in [0.3, 0.4) is 0 Å². The van der Waals surface area contributed by atoms with Crippen LogP contribution in [0.2, 0.25) is 0 Å². The van der Waals surface area contributed by atoms with Crippen molar-refractivity contribution < 1.29 is 13.2 Å². The summed E-state index contributed by atoms with van der Waals surface area (Å²) >= 11 is 0.742. The van der Waals surface area contributed by atoms with E-state index in [4.69, 9.17) is 0 Å². The van der Waals surface area contributed by atoms with Gasteiger partial charge in [0.1, 0.15) is 0 Å². The molecule has 1 aromatic rings. The molecule has 110 valence electrons. The minimum absolute atomic E-state index is 0.0916. The van der Waals surface area contributed by atoms with Crippen molar-refractivity contribution in [3.8, 4) is 0 Å². The number of halogens is 3. The van der Waals surface area contributed by atoms with E-state index in [-0.39, 0.29) is 11.5 Å². The van der Waals surface area contributed by atoms with E-state index in [0.29, 0.717) is 4.88 Å². The van der Waals surface area contributed by atoms with Crippen molar-refractivity contribution in [3.63, 3.8) is 0 Å². The third kappa shape index (κ3) is 4.18. The fraction of sp³-hybridized carbons (Fsp3) is 0.769. The van der Waals surface area contributed by atoms with Crippen molar-refractivity contribution in [1.82, 2.24) is 10.3 Å². The van der Waals surface area contributed by atoms with Gasteiger partial charge in [0.05, 0.1) is 0 Å². The molecule has 1 heterocycles. The van der Waals surface area contributed by atoms with Crippen molar-refractivity contribution in [2.75, 3.05) is 6.54 Å². The summed E-state index contributed by atoms with van der Waals surface area (Å²) in [5, 5.41) is 2.58. The van der Waals surface area contributed by atoms with Gasteiger partial charge in [0.15, 0.2) is 5.01 Å². The van der Waals surface area contributed by atoms with Crippen molar-refractivity contribution in [3.05, 3.63) is 16.1 Å². The van der Waals surface area contributed by atoms with E-state index in [1.54, 1.807) is 0 Å². The summed E-state index contributed by atoms with van der Waals surface area (Å²) in [6.45, 7) is 9.00. The molecule has 1 rings (SSSR count). The first kappa shape index (κ1) is 16.4. The van der Waals surface area contributed by atoms with E-state index in [1.807, 2.05) is 13.8 Å². The zero-order valence-corrected chi connectivity index (χ0v) is 12.6. The normalized spacial score (nSPS) is 14.7.